The highest BCUT2D eigenvalue weighted by Gasteiger charge is 2.19. The van der Waals surface area contributed by atoms with Crippen LogP contribution in [0.4, 0.5) is 0 Å². The number of hydrogen-bond acceptors (Lipinski definition) is 3. The molecule has 0 aliphatic heterocycles. The first-order valence-corrected chi connectivity index (χ1v) is 6.08. The van der Waals surface area contributed by atoms with Gasteiger partial charge in [-0.05, 0) is 24.6 Å². The SMILES string of the molecule is CCCC(NC(=O)c1ccc2nc[nH]c2c1)C(=O)O. The molecule has 0 aliphatic carbocycles. The molecule has 100 valence electrons. The van der Waals surface area contributed by atoms with Gasteiger partial charge < -0.3 is 15.4 Å². The van der Waals surface area contributed by atoms with E-state index in [2.05, 4.69) is 15.3 Å². The fraction of sp³-hybridized carbons (Fsp3) is 0.308. The maximum absolute atomic E-state index is 12.0. The molecule has 0 spiro atoms. The Balaban J connectivity index is 2.16. The molecule has 2 aromatic rings. The van der Waals surface area contributed by atoms with Crippen LogP contribution in [-0.2, 0) is 4.79 Å². The summed E-state index contributed by atoms with van der Waals surface area (Å²) in [5.74, 6) is -1.41. The minimum Gasteiger partial charge on any atom is -0.480 e. The largest absolute Gasteiger partial charge is 0.480 e. The second-order valence-electron chi connectivity index (χ2n) is 4.29. The van der Waals surface area contributed by atoms with Gasteiger partial charge in [-0.2, -0.15) is 0 Å². The molecular weight excluding hydrogens is 246 g/mol. The van der Waals surface area contributed by atoms with Gasteiger partial charge in [0.25, 0.3) is 5.91 Å². The Morgan fingerprint density at radius 2 is 2.26 bits per heavy atom. The standard InChI is InChI=1S/C13H15N3O3/c1-2-3-10(13(18)19)16-12(17)8-4-5-9-11(6-8)15-7-14-9/h4-7,10H,2-3H2,1H3,(H,14,15)(H,16,17)(H,18,19). The summed E-state index contributed by atoms with van der Waals surface area (Å²) in [4.78, 5) is 30.0. The Labute approximate surface area is 109 Å². The number of nitrogens with zero attached hydrogens (tertiary/aromatic N) is 1. The molecule has 0 fully saturated rings. The summed E-state index contributed by atoms with van der Waals surface area (Å²) < 4.78 is 0. The van der Waals surface area contributed by atoms with Crippen LogP contribution in [0, 0.1) is 0 Å². The van der Waals surface area contributed by atoms with Crippen molar-refractivity contribution in [1.82, 2.24) is 15.3 Å². The van der Waals surface area contributed by atoms with Crippen molar-refractivity contribution in [2.45, 2.75) is 25.8 Å². The highest BCUT2D eigenvalue weighted by atomic mass is 16.4. The van der Waals surface area contributed by atoms with E-state index in [0.717, 1.165) is 11.0 Å². The van der Waals surface area contributed by atoms with Gasteiger partial charge in [-0.1, -0.05) is 13.3 Å². The number of benzene rings is 1. The molecule has 1 aromatic heterocycles. The Morgan fingerprint density at radius 1 is 1.47 bits per heavy atom. The number of carboxylic acids is 1. The third-order valence-corrected chi connectivity index (χ3v) is 2.86. The number of carboxylic acid groups (broad SMARTS) is 1. The monoisotopic (exact) mass is 261 g/mol. The summed E-state index contributed by atoms with van der Waals surface area (Å²) in [6.07, 6.45) is 2.65. The lowest BCUT2D eigenvalue weighted by Crippen LogP contribution is -2.40. The first kappa shape index (κ1) is 13.1. The average Bonchev–Trinajstić information content (AvgIpc) is 2.85. The second kappa shape index (κ2) is 5.51. The van der Waals surface area contributed by atoms with Crippen molar-refractivity contribution in [3.63, 3.8) is 0 Å². The molecule has 6 nitrogen and oxygen atoms in total. The van der Waals surface area contributed by atoms with Gasteiger partial charge in [0.05, 0.1) is 17.4 Å². The van der Waals surface area contributed by atoms with E-state index in [1.165, 1.54) is 0 Å². The first-order valence-electron chi connectivity index (χ1n) is 6.08. The van der Waals surface area contributed by atoms with Crippen molar-refractivity contribution in [2.75, 3.05) is 0 Å². The van der Waals surface area contributed by atoms with E-state index in [1.54, 1.807) is 24.5 Å². The van der Waals surface area contributed by atoms with Gasteiger partial charge in [-0.3, -0.25) is 4.79 Å². The number of hydrogen-bond donors (Lipinski definition) is 3. The topological polar surface area (TPSA) is 95.1 Å². The molecule has 0 aliphatic rings. The first-order chi connectivity index (χ1) is 9.11. The van der Waals surface area contributed by atoms with Gasteiger partial charge in [0, 0.05) is 5.56 Å². The normalized spacial score (nSPS) is 12.3. The third-order valence-electron chi connectivity index (χ3n) is 2.86. The minimum atomic E-state index is -1.02. The van der Waals surface area contributed by atoms with E-state index >= 15 is 0 Å². The zero-order valence-corrected chi connectivity index (χ0v) is 10.5. The van der Waals surface area contributed by atoms with Crippen LogP contribution in [0.2, 0.25) is 0 Å². The Hall–Kier alpha value is -2.37. The van der Waals surface area contributed by atoms with Gasteiger partial charge in [-0.25, -0.2) is 9.78 Å². The molecule has 2 rings (SSSR count). The zero-order valence-electron chi connectivity index (χ0n) is 10.5. The summed E-state index contributed by atoms with van der Waals surface area (Å²) in [7, 11) is 0. The van der Waals surface area contributed by atoms with Gasteiger partial charge in [-0.15, -0.1) is 0 Å². The van der Waals surface area contributed by atoms with E-state index < -0.39 is 17.9 Å². The van der Waals surface area contributed by atoms with Crippen molar-refractivity contribution in [3.05, 3.63) is 30.1 Å². The number of rotatable bonds is 5. The van der Waals surface area contributed by atoms with Crippen LogP contribution in [0.25, 0.3) is 11.0 Å². The van der Waals surface area contributed by atoms with E-state index in [0.29, 0.717) is 18.4 Å². The van der Waals surface area contributed by atoms with Gasteiger partial charge in [0.2, 0.25) is 0 Å². The molecule has 0 bridgehead atoms. The van der Waals surface area contributed by atoms with Crippen molar-refractivity contribution in [1.29, 1.82) is 0 Å². The number of H-pyrrole nitrogens is 1. The minimum absolute atomic E-state index is 0.391. The lowest BCUT2D eigenvalue weighted by atomic mass is 10.1. The van der Waals surface area contributed by atoms with Crippen molar-refractivity contribution < 1.29 is 14.7 Å². The Bertz CT molecular complexity index is 606. The average molecular weight is 261 g/mol. The molecule has 0 radical (unpaired) electrons. The van der Waals surface area contributed by atoms with Crippen LogP contribution in [0.3, 0.4) is 0 Å². The van der Waals surface area contributed by atoms with Gasteiger partial charge in [0.15, 0.2) is 0 Å². The van der Waals surface area contributed by atoms with Crippen LogP contribution in [0.5, 0.6) is 0 Å². The van der Waals surface area contributed by atoms with Crippen molar-refractivity contribution in [2.24, 2.45) is 0 Å². The molecule has 1 aromatic carbocycles. The van der Waals surface area contributed by atoms with Crippen molar-refractivity contribution >= 4 is 22.9 Å². The Morgan fingerprint density at radius 3 is 2.95 bits per heavy atom. The van der Waals surface area contributed by atoms with Crippen LogP contribution in [-0.4, -0.2) is 33.0 Å². The predicted octanol–water partition coefficient (Wildman–Crippen LogP) is 1.55. The molecule has 19 heavy (non-hydrogen) atoms. The maximum atomic E-state index is 12.0. The fourth-order valence-corrected chi connectivity index (χ4v) is 1.86. The molecule has 0 saturated carbocycles. The molecule has 1 atom stereocenters. The van der Waals surface area contributed by atoms with E-state index in [-0.39, 0.29) is 0 Å². The zero-order chi connectivity index (χ0) is 13.8. The van der Waals surface area contributed by atoms with E-state index in [4.69, 9.17) is 5.11 Å². The van der Waals surface area contributed by atoms with Crippen LogP contribution >= 0.6 is 0 Å². The molecule has 6 heteroatoms. The van der Waals surface area contributed by atoms with E-state index in [1.807, 2.05) is 6.92 Å². The molecule has 1 heterocycles. The predicted molar refractivity (Wildman–Crippen MR) is 69.9 cm³/mol. The molecule has 1 unspecified atom stereocenters. The highest BCUT2D eigenvalue weighted by molar-refractivity contribution is 5.99. The smallest absolute Gasteiger partial charge is 0.326 e. The maximum Gasteiger partial charge on any atom is 0.326 e. The van der Waals surface area contributed by atoms with E-state index in [9.17, 15) is 9.59 Å². The molecular formula is C13H15N3O3. The number of carbonyl (C=O) groups excluding carboxylic acids is 1. The molecule has 3 N–H and O–H groups in total. The number of fused-ring (bicyclic) bond motifs is 1. The summed E-state index contributed by atoms with van der Waals surface area (Å²) in [5, 5.41) is 11.5. The molecule has 0 saturated heterocycles. The number of carbonyl (C=O) groups is 2. The number of aromatic amines is 1. The third kappa shape index (κ3) is 2.90. The van der Waals surface area contributed by atoms with Crippen LogP contribution < -0.4 is 5.32 Å². The van der Waals surface area contributed by atoms with Crippen LogP contribution in [0.15, 0.2) is 24.5 Å². The highest BCUT2D eigenvalue weighted by Crippen LogP contribution is 2.12. The quantitative estimate of drug-likeness (QED) is 0.760. The summed E-state index contributed by atoms with van der Waals surface area (Å²) in [6, 6.07) is 4.15. The summed E-state index contributed by atoms with van der Waals surface area (Å²) in [6.45, 7) is 1.87. The number of aromatic nitrogens is 2. The van der Waals surface area contributed by atoms with Gasteiger partial charge >= 0.3 is 5.97 Å². The molecule has 1 amide bonds. The number of nitrogens with one attached hydrogen (secondary N) is 2. The Kier molecular flexibility index (Phi) is 3.79. The summed E-state index contributed by atoms with van der Waals surface area (Å²) >= 11 is 0. The fourth-order valence-electron chi connectivity index (χ4n) is 1.86. The summed E-state index contributed by atoms with van der Waals surface area (Å²) in [5.41, 5.74) is 1.93. The number of aliphatic carboxylic acids is 1. The second-order valence-corrected chi connectivity index (χ2v) is 4.29. The van der Waals surface area contributed by atoms with Crippen molar-refractivity contribution in [3.8, 4) is 0 Å². The lowest BCUT2D eigenvalue weighted by Gasteiger charge is -2.13. The van der Waals surface area contributed by atoms with Gasteiger partial charge in [0.1, 0.15) is 6.04 Å². The van der Waals surface area contributed by atoms with Crippen LogP contribution in [0.1, 0.15) is 30.1 Å². The number of amides is 1. The number of imidazole rings is 1. The lowest BCUT2D eigenvalue weighted by molar-refractivity contribution is -0.139.